The molecule has 4 rings (SSSR count). The minimum absolute atomic E-state index is 0.154. The molecule has 0 aromatic carbocycles. The Labute approximate surface area is 271 Å². The van der Waals surface area contributed by atoms with Gasteiger partial charge in [-0.05, 0) is 177 Å². The van der Waals surface area contributed by atoms with Crippen LogP contribution in [0.25, 0.3) is 0 Å². The van der Waals surface area contributed by atoms with Gasteiger partial charge in [-0.25, -0.2) is 0 Å². The first-order valence-electron chi connectivity index (χ1n) is 18.9. The van der Waals surface area contributed by atoms with E-state index in [9.17, 15) is 9.90 Å². The molecule has 44 heavy (non-hydrogen) atoms. The van der Waals surface area contributed by atoms with Gasteiger partial charge in [0.1, 0.15) is 0 Å². The molecule has 7 heteroatoms. The Kier molecular flexibility index (Phi) is 13.5. The number of fused-ring (bicyclic) bond motifs is 5. The van der Waals surface area contributed by atoms with Crippen LogP contribution in [0.1, 0.15) is 118 Å². The molecule has 10 atom stereocenters. The second-order valence-corrected chi connectivity index (χ2v) is 16.0. The lowest BCUT2D eigenvalue weighted by Crippen LogP contribution is -2.59. The number of aliphatic hydroxyl groups excluding tert-OH is 1. The lowest BCUT2D eigenvalue weighted by atomic mass is 9.43. The first kappa shape index (κ1) is 36.1. The van der Waals surface area contributed by atoms with E-state index in [1.165, 1.54) is 51.4 Å². The van der Waals surface area contributed by atoms with Crippen molar-refractivity contribution in [3.05, 3.63) is 0 Å². The van der Waals surface area contributed by atoms with E-state index in [1.807, 2.05) is 4.90 Å². The van der Waals surface area contributed by atoms with E-state index >= 15 is 0 Å². The summed E-state index contributed by atoms with van der Waals surface area (Å²) in [5.41, 5.74) is 12.2. The zero-order valence-corrected chi connectivity index (χ0v) is 29.4. The van der Waals surface area contributed by atoms with Crippen LogP contribution in [-0.4, -0.2) is 85.3 Å². The summed E-state index contributed by atoms with van der Waals surface area (Å²) >= 11 is 0. The Bertz CT molecular complexity index is 876. The Morgan fingerprint density at radius 1 is 0.909 bits per heavy atom. The second-order valence-electron chi connectivity index (χ2n) is 16.0. The summed E-state index contributed by atoms with van der Waals surface area (Å²) in [4.78, 5) is 17.3. The van der Waals surface area contributed by atoms with Gasteiger partial charge in [-0.2, -0.15) is 0 Å². The maximum atomic E-state index is 12.8. The maximum Gasteiger partial charge on any atom is 0.222 e. The fraction of sp³-hybridized carbons (Fsp3) is 0.973. The highest BCUT2D eigenvalue weighted by Crippen LogP contribution is 2.68. The number of nitrogens with two attached hydrogens (primary N) is 2. The van der Waals surface area contributed by atoms with Crippen LogP contribution < -0.4 is 16.8 Å². The van der Waals surface area contributed by atoms with Gasteiger partial charge in [-0.1, -0.05) is 20.8 Å². The fourth-order valence-corrected chi connectivity index (χ4v) is 11.2. The molecule has 4 fully saturated rings. The van der Waals surface area contributed by atoms with E-state index in [1.54, 1.807) is 0 Å². The van der Waals surface area contributed by atoms with Crippen molar-refractivity contribution in [2.75, 3.05) is 52.4 Å². The summed E-state index contributed by atoms with van der Waals surface area (Å²) in [5, 5.41) is 15.8. The van der Waals surface area contributed by atoms with Gasteiger partial charge in [0.15, 0.2) is 0 Å². The molecule has 4 unspecified atom stereocenters. The number of carbonyl (C=O) groups excluding carboxylic acids is 1. The molecule has 0 spiro atoms. The van der Waals surface area contributed by atoms with Gasteiger partial charge in [0.05, 0.1) is 6.10 Å². The van der Waals surface area contributed by atoms with Crippen molar-refractivity contribution in [3.8, 4) is 0 Å². The lowest BCUT2D eigenvalue weighted by molar-refractivity contribution is -0.167. The van der Waals surface area contributed by atoms with Crippen molar-refractivity contribution in [1.29, 1.82) is 0 Å². The molecule has 4 saturated carbocycles. The fourth-order valence-electron chi connectivity index (χ4n) is 11.2. The molecule has 0 aliphatic heterocycles. The molecular formula is C37H71N5O2. The molecule has 0 heterocycles. The zero-order chi connectivity index (χ0) is 31.9. The van der Waals surface area contributed by atoms with Crippen LogP contribution >= 0.6 is 0 Å². The SMILES string of the molecule is CCN(CC)C(=O)CC[C@@H](C)[C@H]1CCC2C3C(CC[C@@]21C)[C@@]1(C)CC[C@H](NCCCN(CCCN)CCCN)CC1C[C@H]3O. The molecule has 1 amide bonds. The minimum atomic E-state index is -0.154. The van der Waals surface area contributed by atoms with Crippen molar-refractivity contribution in [1.82, 2.24) is 15.1 Å². The van der Waals surface area contributed by atoms with Crippen molar-refractivity contribution in [2.45, 2.75) is 130 Å². The number of rotatable bonds is 17. The molecule has 256 valence electrons. The molecule has 4 aliphatic rings. The molecule has 4 aliphatic carbocycles. The summed E-state index contributed by atoms with van der Waals surface area (Å²) in [5.74, 6) is 3.95. The summed E-state index contributed by atoms with van der Waals surface area (Å²) in [7, 11) is 0. The predicted molar refractivity (Wildman–Crippen MR) is 183 cm³/mol. The minimum Gasteiger partial charge on any atom is -0.393 e. The number of amides is 1. The molecule has 0 aromatic rings. The van der Waals surface area contributed by atoms with Crippen LogP contribution in [0.15, 0.2) is 0 Å². The number of aliphatic hydroxyl groups is 1. The summed E-state index contributed by atoms with van der Waals surface area (Å²) in [6.07, 6.45) is 14.8. The first-order valence-corrected chi connectivity index (χ1v) is 18.9. The number of hydrogen-bond donors (Lipinski definition) is 4. The maximum absolute atomic E-state index is 12.8. The number of carbonyl (C=O) groups is 1. The molecular weight excluding hydrogens is 546 g/mol. The largest absolute Gasteiger partial charge is 0.393 e. The monoisotopic (exact) mass is 618 g/mol. The topological polar surface area (TPSA) is 108 Å². The molecule has 0 radical (unpaired) electrons. The predicted octanol–water partition coefficient (Wildman–Crippen LogP) is 5.25. The molecule has 0 saturated heterocycles. The quantitative estimate of drug-likeness (QED) is 0.166. The third-order valence-electron chi connectivity index (χ3n) is 13.8. The van der Waals surface area contributed by atoms with Gasteiger partial charge in [0, 0.05) is 25.6 Å². The van der Waals surface area contributed by atoms with E-state index in [-0.39, 0.29) is 6.10 Å². The summed E-state index contributed by atoms with van der Waals surface area (Å²) < 4.78 is 0. The average Bonchev–Trinajstić information content (AvgIpc) is 3.37. The normalized spacial score (nSPS) is 37.3. The third-order valence-corrected chi connectivity index (χ3v) is 13.8. The number of nitrogens with one attached hydrogen (secondary N) is 1. The highest BCUT2D eigenvalue weighted by Gasteiger charge is 2.62. The van der Waals surface area contributed by atoms with E-state index < -0.39 is 0 Å². The van der Waals surface area contributed by atoms with Crippen molar-refractivity contribution in [2.24, 2.45) is 57.8 Å². The van der Waals surface area contributed by atoms with Crippen LogP contribution in [-0.2, 0) is 4.79 Å². The highest BCUT2D eigenvalue weighted by atomic mass is 16.3. The molecule has 0 aromatic heterocycles. The third kappa shape index (κ3) is 7.86. The van der Waals surface area contributed by atoms with Gasteiger partial charge in [0.2, 0.25) is 5.91 Å². The van der Waals surface area contributed by atoms with Gasteiger partial charge in [0.25, 0.3) is 0 Å². The van der Waals surface area contributed by atoms with Crippen LogP contribution in [0.4, 0.5) is 0 Å². The number of hydrogen-bond acceptors (Lipinski definition) is 6. The molecule has 6 N–H and O–H groups in total. The van der Waals surface area contributed by atoms with Crippen molar-refractivity contribution < 1.29 is 9.90 Å². The van der Waals surface area contributed by atoms with E-state index in [2.05, 4.69) is 44.8 Å². The summed E-state index contributed by atoms with van der Waals surface area (Å²) in [6, 6.07) is 0.586. The lowest BCUT2D eigenvalue weighted by Gasteiger charge is -2.62. The van der Waals surface area contributed by atoms with Crippen LogP contribution in [0, 0.1) is 46.3 Å². The first-order chi connectivity index (χ1) is 21.1. The Morgan fingerprint density at radius 3 is 2.20 bits per heavy atom. The molecule has 0 bridgehead atoms. The van der Waals surface area contributed by atoms with Crippen LogP contribution in [0.3, 0.4) is 0 Å². The standard InChI is InChI=1S/C37H71N5O2/c1-6-42(7-2)34(44)14-11-27(3)30-12-13-31-35-32(16-18-37(30,31)5)36(4)17-15-29(25-28(36)26-33(35)43)40-21-10-24-41(22-8-19-38)23-9-20-39/h27-33,35,40,43H,6-26,38-39H2,1-5H3/t27-,28?,29+,30-,31?,32?,33-,35?,36+,37-/m1/s1. The van der Waals surface area contributed by atoms with E-state index in [0.29, 0.717) is 64.7 Å². The van der Waals surface area contributed by atoms with Crippen molar-refractivity contribution >= 4 is 5.91 Å². The second kappa shape index (κ2) is 16.4. The average molecular weight is 618 g/mol. The van der Waals surface area contributed by atoms with Gasteiger partial charge in [-0.15, -0.1) is 0 Å². The molecule has 7 nitrogen and oxygen atoms in total. The number of nitrogens with zero attached hydrogens (tertiary/aromatic N) is 2. The van der Waals surface area contributed by atoms with Crippen LogP contribution in [0.2, 0.25) is 0 Å². The van der Waals surface area contributed by atoms with Gasteiger partial charge < -0.3 is 31.7 Å². The summed E-state index contributed by atoms with van der Waals surface area (Å²) in [6.45, 7) is 19.3. The van der Waals surface area contributed by atoms with Gasteiger partial charge in [-0.3, -0.25) is 4.79 Å². The zero-order valence-electron chi connectivity index (χ0n) is 29.4. The Balaban J connectivity index is 1.30. The Morgan fingerprint density at radius 2 is 1.55 bits per heavy atom. The Hall–Kier alpha value is -0.730. The van der Waals surface area contributed by atoms with E-state index in [4.69, 9.17) is 11.5 Å². The smallest absolute Gasteiger partial charge is 0.222 e. The highest BCUT2D eigenvalue weighted by molar-refractivity contribution is 5.76. The van der Waals surface area contributed by atoms with Crippen molar-refractivity contribution in [3.63, 3.8) is 0 Å². The van der Waals surface area contributed by atoms with E-state index in [0.717, 1.165) is 78.0 Å². The van der Waals surface area contributed by atoms with Gasteiger partial charge >= 0.3 is 0 Å². The van der Waals surface area contributed by atoms with Crippen LogP contribution in [0.5, 0.6) is 0 Å².